The average Bonchev–Trinajstić information content (AvgIpc) is 2.45. The van der Waals surface area contributed by atoms with Crippen LogP contribution in [0, 0.1) is 0 Å². The van der Waals surface area contributed by atoms with Crippen LogP contribution in [0.5, 0.6) is 0 Å². The molecule has 2 nitrogen and oxygen atoms in total. The van der Waals surface area contributed by atoms with Crippen molar-refractivity contribution in [2.75, 3.05) is 0 Å². The molecule has 13 heavy (non-hydrogen) atoms. The molecule has 0 saturated heterocycles. The van der Waals surface area contributed by atoms with Crippen molar-refractivity contribution >= 4 is 5.78 Å². The van der Waals surface area contributed by atoms with Crippen molar-refractivity contribution in [3.05, 3.63) is 22.5 Å². The number of nitrogens with one attached hydrogen (secondary N) is 1. The number of ketones is 1. The van der Waals surface area contributed by atoms with Gasteiger partial charge in [-0.15, -0.1) is 0 Å². The molecule has 0 aromatic carbocycles. The first-order chi connectivity index (χ1) is 6.20. The number of allylic oxidation sites excluding steroid dienone is 3. The van der Waals surface area contributed by atoms with Gasteiger partial charge >= 0.3 is 0 Å². The first-order valence-electron chi connectivity index (χ1n) is 4.91. The van der Waals surface area contributed by atoms with Gasteiger partial charge in [0.15, 0.2) is 0 Å². The number of rotatable bonds is 0. The lowest BCUT2D eigenvalue weighted by Gasteiger charge is -2.11. The van der Waals surface area contributed by atoms with Gasteiger partial charge in [0.05, 0.1) is 5.70 Å². The predicted octanol–water partition coefficient (Wildman–Crippen LogP) is 2.28. The summed E-state index contributed by atoms with van der Waals surface area (Å²) in [5, 5.41) is 3.25. The second-order valence-electron chi connectivity index (χ2n) is 3.99. The van der Waals surface area contributed by atoms with Crippen LogP contribution in [0.15, 0.2) is 22.5 Å². The van der Waals surface area contributed by atoms with Crippen molar-refractivity contribution in [2.45, 2.75) is 39.5 Å². The van der Waals surface area contributed by atoms with Crippen LogP contribution in [0.4, 0.5) is 0 Å². The van der Waals surface area contributed by atoms with E-state index in [1.54, 1.807) is 0 Å². The fourth-order valence-electron chi connectivity index (χ4n) is 2.00. The Kier molecular flexibility index (Phi) is 1.98. The van der Waals surface area contributed by atoms with Gasteiger partial charge in [-0.3, -0.25) is 4.79 Å². The van der Waals surface area contributed by atoms with E-state index in [9.17, 15) is 4.79 Å². The average molecular weight is 177 g/mol. The van der Waals surface area contributed by atoms with Crippen LogP contribution in [-0.2, 0) is 4.79 Å². The first kappa shape index (κ1) is 8.54. The third-order valence-electron chi connectivity index (χ3n) is 2.74. The summed E-state index contributed by atoms with van der Waals surface area (Å²) in [6.45, 7) is 3.97. The number of hydrogen-bond donors (Lipinski definition) is 1. The minimum atomic E-state index is 0.245. The molecule has 1 N–H and O–H groups in total. The summed E-state index contributed by atoms with van der Waals surface area (Å²) in [5.41, 5.74) is 4.15. The molecule has 0 aromatic heterocycles. The largest absolute Gasteiger partial charge is 0.355 e. The standard InChI is InChI=1S/C11H15NO/c1-7(2)10-11(13)8-5-3-4-6-9(8)12-10/h12H,3-6H2,1-2H3. The zero-order valence-electron chi connectivity index (χ0n) is 8.24. The molecular weight excluding hydrogens is 162 g/mol. The lowest BCUT2D eigenvalue weighted by molar-refractivity contribution is -0.112. The van der Waals surface area contributed by atoms with Gasteiger partial charge in [0.25, 0.3) is 0 Å². The third-order valence-corrected chi connectivity index (χ3v) is 2.74. The lowest BCUT2D eigenvalue weighted by Crippen LogP contribution is -2.11. The number of carbonyl (C=O) groups is 1. The maximum Gasteiger partial charge on any atom is 0.206 e. The molecule has 0 unspecified atom stereocenters. The normalized spacial score (nSPS) is 21.7. The van der Waals surface area contributed by atoms with E-state index in [1.165, 1.54) is 18.5 Å². The maximum atomic E-state index is 11.8. The first-order valence-corrected chi connectivity index (χ1v) is 4.91. The molecular formula is C11H15NO. The van der Waals surface area contributed by atoms with Crippen LogP contribution in [0.1, 0.15) is 39.5 Å². The zero-order valence-corrected chi connectivity index (χ0v) is 8.24. The minimum absolute atomic E-state index is 0.245. The Balaban J connectivity index is 2.34. The SMILES string of the molecule is CC(C)=C1NC2=C(CCCC2)C1=O. The van der Waals surface area contributed by atoms with Crippen LogP contribution in [0.2, 0.25) is 0 Å². The molecule has 2 heteroatoms. The van der Waals surface area contributed by atoms with Gasteiger partial charge in [0.2, 0.25) is 5.78 Å². The second kappa shape index (κ2) is 3.02. The van der Waals surface area contributed by atoms with Crippen LogP contribution in [-0.4, -0.2) is 5.78 Å². The summed E-state index contributed by atoms with van der Waals surface area (Å²) in [7, 11) is 0. The Morgan fingerprint density at radius 1 is 1.23 bits per heavy atom. The van der Waals surface area contributed by atoms with Crippen molar-refractivity contribution in [1.29, 1.82) is 0 Å². The molecule has 0 radical (unpaired) electrons. The fourth-order valence-corrected chi connectivity index (χ4v) is 2.00. The van der Waals surface area contributed by atoms with Gasteiger partial charge in [0.1, 0.15) is 0 Å². The number of carbonyl (C=O) groups excluding carboxylic acids is 1. The monoisotopic (exact) mass is 177 g/mol. The van der Waals surface area contributed by atoms with Crippen LogP contribution in [0.3, 0.4) is 0 Å². The molecule has 2 aliphatic rings. The highest BCUT2D eigenvalue weighted by Gasteiger charge is 2.29. The van der Waals surface area contributed by atoms with E-state index in [2.05, 4.69) is 5.32 Å². The topological polar surface area (TPSA) is 29.1 Å². The Labute approximate surface area is 78.7 Å². The van der Waals surface area contributed by atoms with E-state index in [-0.39, 0.29) is 5.78 Å². The Morgan fingerprint density at radius 3 is 2.54 bits per heavy atom. The molecule has 0 saturated carbocycles. The second-order valence-corrected chi connectivity index (χ2v) is 3.99. The summed E-state index contributed by atoms with van der Waals surface area (Å²) >= 11 is 0. The van der Waals surface area contributed by atoms with Gasteiger partial charge in [0, 0.05) is 11.3 Å². The highest BCUT2D eigenvalue weighted by atomic mass is 16.1. The van der Waals surface area contributed by atoms with E-state index < -0.39 is 0 Å². The zero-order chi connectivity index (χ0) is 9.42. The molecule has 0 amide bonds. The van der Waals surface area contributed by atoms with E-state index >= 15 is 0 Å². The molecule has 70 valence electrons. The minimum Gasteiger partial charge on any atom is -0.355 e. The smallest absolute Gasteiger partial charge is 0.206 e. The fraction of sp³-hybridized carbons (Fsp3) is 0.545. The van der Waals surface area contributed by atoms with Crippen molar-refractivity contribution < 1.29 is 4.79 Å². The summed E-state index contributed by atoms with van der Waals surface area (Å²) in [4.78, 5) is 11.8. The molecule has 0 fully saturated rings. The van der Waals surface area contributed by atoms with Crippen molar-refractivity contribution in [1.82, 2.24) is 5.32 Å². The van der Waals surface area contributed by atoms with E-state index in [1.807, 2.05) is 13.8 Å². The maximum absolute atomic E-state index is 11.8. The van der Waals surface area contributed by atoms with Crippen molar-refractivity contribution in [3.63, 3.8) is 0 Å². The predicted molar refractivity (Wildman–Crippen MR) is 52.0 cm³/mol. The molecule has 1 heterocycles. The molecule has 1 aliphatic heterocycles. The highest BCUT2D eigenvalue weighted by Crippen LogP contribution is 2.31. The third kappa shape index (κ3) is 1.30. The molecule has 0 spiro atoms. The van der Waals surface area contributed by atoms with Crippen LogP contribution in [0.25, 0.3) is 0 Å². The summed E-state index contributed by atoms with van der Waals surface area (Å²) < 4.78 is 0. The lowest BCUT2D eigenvalue weighted by atomic mass is 9.95. The van der Waals surface area contributed by atoms with Crippen molar-refractivity contribution in [3.8, 4) is 0 Å². The Morgan fingerprint density at radius 2 is 1.92 bits per heavy atom. The Bertz CT molecular complexity index is 319. The van der Waals surface area contributed by atoms with Crippen molar-refractivity contribution in [2.24, 2.45) is 0 Å². The summed E-state index contributed by atoms with van der Waals surface area (Å²) in [5.74, 6) is 0.245. The van der Waals surface area contributed by atoms with Gasteiger partial charge in [-0.1, -0.05) is 0 Å². The summed E-state index contributed by atoms with van der Waals surface area (Å²) in [6.07, 6.45) is 4.41. The van der Waals surface area contributed by atoms with Crippen LogP contribution >= 0.6 is 0 Å². The van der Waals surface area contributed by atoms with Gasteiger partial charge in [-0.05, 0) is 45.1 Å². The number of hydrogen-bond acceptors (Lipinski definition) is 2. The molecule has 1 aliphatic carbocycles. The van der Waals surface area contributed by atoms with Gasteiger partial charge in [-0.2, -0.15) is 0 Å². The highest BCUT2D eigenvalue weighted by molar-refractivity contribution is 6.11. The summed E-state index contributed by atoms with van der Waals surface area (Å²) in [6, 6.07) is 0. The van der Waals surface area contributed by atoms with Gasteiger partial charge in [-0.25, -0.2) is 0 Å². The van der Waals surface area contributed by atoms with E-state index in [4.69, 9.17) is 0 Å². The molecule has 0 aromatic rings. The molecule has 2 rings (SSSR count). The molecule has 0 atom stereocenters. The number of Topliss-reactive ketones (excluding diaryl/α,β-unsaturated/α-hetero) is 1. The molecule has 0 bridgehead atoms. The van der Waals surface area contributed by atoms with Crippen LogP contribution < -0.4 is 5.32 Å². The van der Waals surface area contributed by atoms with E-state index in [0.29, 0.717) is 0 Å². The Hall–Kier alpha value is -1.05. The quantitative estimate of drug-likeness (QED) is 0.575. The van der Waals surface area contributed by atoms with Gasteiger partial charge < -0.3 is 5.32 Å². The van der Waals surface area contributed by atoms with E-state index in [0.717, 1.165) is 29.7 Å².